The van der Waals surface area contributed by atoms with E-state index in [1.165, 1.54) is 11.0 Å². The molecule has 0 saturated heterocycles. The van der Waals surface area contributed by atoms with Crippen LogP contribution in [0.15, 0.2) is 78.9 Å². The maximum atomic E-state index is 14.2. The molecule has 1 aliphatic carbocycles. The zero-order valence-corrected chi connectivity index (χ0v) is 25.8. The van der Waals surface area contributed by atoms with Crippen LogP contribution in [0.4, 0.5) is 18.9 Å². The van der Waals surface area contributed by atoms with E-state index in [0.29, 0.717) is 21.0 Å². The van der Waals surface area contributed by atoms with E-state index in [0.717, 1.165) is 56.1 Å². The molecule has 236 valence electrons. The molecule has 7 nitrogen and oxygen atoms in total. The highest BCUT2D eigenvalue weighted by atomic mass is 35.5. The van der Waals surface area contributed by atoms with E-state index in [-0.39, 0.29) is 30.6 Å². The van der Waals surface area contributed by atoms with Gasteiger partial charge in [-0.25, -0.2) is 8.42 Å². The third-order valence-corrected chi connectivity index (χ3v) is 8.98. The lowest BCUT2D eigenvalue weighted by molar-refractivity contribution is -0.140. The summed E-state index contributed by atoms with van der Waals surface area (Å²) < 4.78 is 66.9. The van der Waals surface area contributed by atoms with E-state index in [9.17, 15) is 31.2 Å². The Morgan fingerprint density at radius 1 is 0.932 bits per heavy atom. The van der Waals surface area contributed by atoms with Gasteiger partial charge in [0.05, 0.1) is 17.5 Å². The highest BCUT2D eigenvalue weighted by molar-refractivity contribution is 7.92. The van der Waals surface area contributed by atoms with Crippen LogP contribution in [0.2, 0.25) is 5.02 Å². The third kappa shape index (κ3) is 9.22. The first-order valence-corrected chi connectivity index (χ1v) is 16.6. The minimum Gasteiger partial charge on any atom is -0.352 e. The number of sulfonamides is 1. The molecule has 2 amide bonds. The average Bonchev–Trinajstić information content (AvgIpc) is 2.97. The van der Waals surface area contributed by atoms with Gasteiger partial charge >= 0.3 is 6.18 Å². The molecule has 0 bridgehead atoms. The average molecular weight is 650 g/mol. The second kappa shape index (κ2) is 14.5. The fraction of sp³-hybridized carbons (Fsp3) is 0.375. The number of amides is 2. The summed E-state index contributed by atoms with van der Waals surface area (Å²) in [5.41, 5.74) is 0.00253. The Kier molecular flexibility index (Phi) is 11.0. The van der Waals surface area contributed by atoms with Crippen molar-refractivity contribution in [3.8, 4) is 0 Å². The lowest BCUT2D eigenvalue weighted by Gasteiger charge is -2.35. The van der Waals surface area contributed by atoms with Crippen molar-refractivity contribution in [2.24, 2.45) is 0 Å². The van der Waals surface area contributed by atoms with Gasteiger partial charge in [-0.1, -0.05) is 79.4 Å². The van der Waals surface area contributed by atoms with Gasteiger partial charge < -0.3 is 10.2 Å². The molecule has 1 N–H and O–H groups in total. The maximum absolute atomic E-state index is 14.2. The first-order valence-electron chi connectivity index (χ1n) is 14.3. The fourth-order valence-electron chi connectivity index (χ4n) is 5.38. The normalized spacial score (nSPS) is 14.9. The molecule has 3 aromatic carbocycles. The van der Waals surface area contributed by atoms with Crippen molar-refractivity contribution in [1.29, 1.82) is 0 Å². The number of alkyl halides is 3. The van der Waals surface area contributed by atoms with Crippen LogP contribution in [0.3, 0.4) is 0 Å². The summed E-state index contributed by atoms with van der Waals surface area (Å²) in [6, 6.07) is 18.5. The lowest BCUT2D eigenvalue weighted by atomic mass is 9.94. The number of halogens is 4. The van der Waals surface area contributed by atoms with Crippen molar-refractivity contribution < 1.29 is 31.2 Å². The Bertz CT molecular complexity index is 1550. The summed E-state index contributed by atoms with van der Waals surface area (Å²) in [5, 5.41) is 3.50. The van der Waals surface area contributed by atoms with Crippen LogP contribution in [0.25, 0.3) is 0 Å². The first kappa shape index (κ1) is 33.3. The minimum absolute atomic E-state index is 0.0599. The number of carbonyl (C=O) groups is 2. The number of benzene rings is 3. The van der Waals surface area contributed by atoms with Gasteiger partial charge in [-0.2, -0.15) is 13.2 Å². The van der Waals surface area contributed by atoms with Crippen molar-refractivity contribution >= 4 is 39.1 Å². The SMILES string of the molecule is CS(=O)(=O)N(CC(=O)N(Cc1cccc(Cl)c1)[C@H](Cc1ccccc1)C(=O)NC1CCCCC1)c1cccc(C(F)(F)F)c1. The standard InChI is InChI=1S/C32H35ClF3N3O4S/c1-44(42,43)39(28-17-9-13-25(20-28)32(34,35)36)22-30(40)38(21-24-12-8-14-26(33)18-24)29(19-23-10-4-2-5-11-23)31(41)37-27-15-6-3-7-16-27/h2,4-5,8-14,17-18,20,27,29H,3,6-7,15-16,19,21-22H2,1H3,(H,37,41)/t29-/m1/s1. The first-order chi connectivity index (χ1) is 20.8. The maximum Gasteiger partial charge on any atom is 0.416 e. The number of hydrogen-bond acceptors (Lipinski definition) is 4. The predicted octanol–water partition coefficient (Wildman–Crippen LogP) is 6.21. The van der Waals surface area contributed by atoms with Crippen LogP contribution >= 0.6 is 11.6 Å². The molecule has 1 saturated carbocycles. The van der Waals surface area contributed by atoms with Crippen molar-refractivity contribution in [3.63, 3.8) is 0 Å². The Morgan fingerprint density at radius 3 is 2.23 bits per heavy atom. The van der Waals surface area contributed by atoms with Crippen LogP contribution in [-0.4, -0.2) is 50.0 Å². The summed E-state index contributed by atoms with van der Waals surface area (Å²) in [5.74, 6) is -1.14. The van der Waals surface area contributed by atoms with Crippen molar-refractivity contribution in [2.75, 3.05) is 17.1 Å². The number of nitrogens with one attached hydrogen (secondary N) is 1. The number of hydrogen-bond donors (Lipinski definition) is 1. The van der Waals surface area contributed by atoms with Gasteiger partial charge in [-0.05, 0) is 54.3 Å². The predicted molar refractivity (Wildman–Crippen MR) is 165 cm³/mol. The number of anilines is 1. The largest absolute Gasteiger partial charge is 0.416 e. The van der Waals surface area contributed by atoms with E-state index in [2.05, 4.69) is 5.32 Å². The third-order valence-electron chi connectivity index (χ3n) is 7.61. The van der Waals surface area contributed by atoms with Gasteiger partial charge in [0, 0.05) is 24.0 Å². The molecule has 0 aliphatic heterocycles. The summed E-state index contributed by atoms with van der Waals surface area (Å²) in [6.45, 7) is -0.905. The molecular formula is C32H35ClF3N3O4S. The Labute approximate surface area is 261 Å². The molecule has 0 radical (unpaired) electrons. The molecular weight excluding hydrogens is 615 g/mol. The van der Waals surface area contributed by atoms with E-state index in [4.69, 9.17) is 11.6 Å². The molecule has 3 aromatic rings. The summed E-state index contributed by atoms with van der Waals surface area (Å²) in [7, 11) is -4.22. The van der Waals surface area contributed by atoms with Crippen molar-refractivity contribution in [2.45, 2.75) is 63.3 Å². The highest BCUT2D eigenvalue weighted by Gasteiger charge is 2.35. The molecule has 0 aromatic heterocycles. The molecule has 44 heavy (non-hydrogen) atoms. The van der Waals surface area contributed by atoms with E-state index in [1.807, 2.05) is 30.3 Å². The molecule has 1 aliphatic rings. The van der Waals surface area contributed by atoms with Crippen LogP contribution < -0.4 is 9.62 Å². The summed E-state index contributed by atoms with van der Waals surface area (Å²) in [6.07, 6.45) is 0.871. The van der Waals surface area contributed by atoms with Gasteiger partial charge in [0.25, 0.3) is 0 Å². The van der Waals surface area contributed by atoms with Gasteiger partial charge in [0.1, 0.15) is 12.6 Å². The monoisotopic (exact) mass is 649 g/mol. The van der Waals surface area contributed by atoms with E-state index in [1.54, 1.807) is 24.3 Å². The van der Waals surface area contributed by atoms with Crippen LogP contribution in [0, 0.1) is 0 Å². The molecule has 1 atom stereocenters. The topological polar surface area (TPSA) is 86.8 Å². The number of rotatable bonds is 11. The zero-order valence-electron chi connectivity index (χ0n) is 24.3. The van der Waals surface area contributed by atoms with Gasteiger partial charge in [-0.15, -0.1) is 0 Å². The molecule has 1 fully saturated rings. The second-order valence-corrected chi connectivity index (χ2v) is 13.4. The lowest BCUT2D eigenvalue weighted by Crippen LogP contribution is -2.55. The summed E-state index contributed by atoms with van der Waals surface area (Å²) >= 11 is 6.22. The van der Waals surface area contributed by atoms with Crippen LogP contribution in [-0.2, 0) is 38.8 Å². The molecule has 0 heterocycles. The molecule has 4 rings (SSSR count). The highest BCUT2D eigenvalue weighted by Crippen LogP contribution is 2.32. The molecule has 0 spiro atoms. The fourth-order valence-corrected chi connectivity index (χ4v) is 6.44. The Morgan fingerprint density at radius 2 is 1.59 bits per heavy atom. The van der Waals surface area contributed by atoms with Gasteiger partial charge in [0.2, 0.25) is 21.8 Å². The second-order valence-electron chi connectivity index (χ2n) is 11.0. The smallest absolute Gasteiger partial charge is 0.352 e. The summed E-state index contributed by atoms with van der Waals surface area (Å²) in [4.78, 5) is 29.4. The van der Waals surface area contributed by atoms with Crippen LogP contribution in [0.1, 0.15) is 48.8 Å². The van der Waals surface area contributed by atoms with Crippen molar-refractivity contribution in [3.05, 3.63) is 101 Å². The number of nitrogens with zero attached hydrogens (tertiary/aromatic N) is 2. The molecule has 12 heteroatoms. The Hall–Kier alpha value is -3.57. The Balaban J connectivity index is 1.74. The van der Waals surface area contributed by atoms with Gasteiger partial charge in [0.15, 0.2) is 0 Å². The van der Waals surface area contributed by atoms with Crippen LogP contribution in [0.5, 0.6) is 0 Å². The number of carbonyl (C=O) groups excluding carboxylic acids is 2. The molecule has 0 unspecified atom stereocenters. The quantitative estimate of drug-likeness (QED) is 0.268. The van der Waals surface area contributed by atoms with E-state index >= 15 is 0 Å². The van der Waals surface area contributed by atoms with Gasteiger partial charge in [-0.3, -0.25) is 13.9 Å². The zero-order chi connectivity index (χ0) is 31.9. The van der Waals surface area contributed by atoms with E-state index < -0.39 is 40.3 Å². The van der Waals surface area contributed by atoms with Crippen molar-refractivity contribution in [1.82, 2.24) is 10.2 Å². The minimum atomic E-state index is -4.72.